The molecule has 1 amide bonds. The fourth-order valence-electron chi connectivity index (χ4n) is 3.34. The number of fused-ring (bicyclic) bond motifs is 1. The maximum absolute atomic E-state index is 12.6. The smallest absolute Gasteiger partial charge is 0.255 e. The highest BCUT2D eigenvalue weighted by Gasteiger charge is 2.14. The summed E-state index contributed by atoms with van der Waals surface area (Å²) in [5.74, 6) is -0.288. The molecule has 152 valence electrons. The number of amides is 1. The molecule has 6 nitrogen and oxygen atoms in total. The van der Waals surface area contributed by atoms with Gasteiger partial charge in [-0.05, 0) is 61.4 Å². The molecule has 4 aromatic rings. The molecule has 2 aromatic carbocycles. The van der Waals surface area contributed by atoms with Gasteiger partial charge in [0.25, 0.3) is 5.91 Å². The molecule has 0 bridgehead atoms. The second-order valence-corrected chi connectivity index (χ2v) is 9.34. The zero-order valence-corrected chi connectivity index (χ0v) is 17.7. The lowest BCUT2D eigenvalue weighted by molar-refractivity contribution is 0.102. The van der Waals surface area contributed by atoms with Gasteiger partial charge in [0.15, 0.2) is 9.84 Å². The van der Waals surface area contributed by atoms with Crippen LogP contribution < -0.4 is 5.32 Å². The molecule has 0 saturated carbocycles. The molecule has 2 aromatic heterocycles. The predicted molar refractivity (Wildman–Crippen MR) is 118 cm³/mol. The van der Waals surface area contributed by atoms with Crippen LogP contribution in [0.1, 0.15) is 21.5 Å². The number of benzene rings is 2. The van der Waals surface area contributed by atoms with Crippen LogP contribution >= 0.6 is 0 Å². The molecule has 30 heavy (non-hydrogen) atoms. The molecule has 0 atom stereocenters. The molecular formula is C23H21N3O3S. The third kappa shape index (κ3) is 3.84. The molecule has 4 rings (SSSR count). The van der Waals surface area contributed by atoms with Crippen molar-refractivity contribution in [3.63, 3.8) is 0 Å². The largest absolute Gasteiger partial charge is 0.322 e. The standard InChI is InChI=1S/C23H21N3O3S/c1-15-5-4-12-26-14-21(25-22(15)26)17-6-8-18(9-7-17)24-23(27)20-11-10-19(13-16(20)2)30(3,28)29/h4-14H,1-3H3,(H,24,27). The highest BCUT2D eigenvalue weighted by Crippen LogP contribution is 2.23. The lowest BCUT2D eigenvalue weighted by Gasteiger charge is -2.09. The Morgan fingerprint density at radius 2 is 1.73 bits per heavy atom. The van der Waals surface area contributed by atoms with Crippen LogP contribution in [0.2, 0.25) is 0 Å². The first kappa shape index (κ1) is 19.8. The third-order valence-corrected chi connectivity index (χ3v) is 6.10. The van der Waals surface area contributed by atoms with Crippen molar-refractivity contribution in [3.8, 4) is 11.3 Å². The van der Waals surface area contributed by atoms with Gasteiger partial charge in [-0.15, -0.1) is 0 Å². The van der Waals surface area contributed by atoms with Crippen molar-refractivity contribution in [3.05, 3.63) is 83.7 Å². The molecule has 0 unspecified atom stereocenters. The van der Waals surface area contributed by atoms with Crippen LogP contribution in [0.3, 0.4) is 0 Å². The first-order valence-electron chi connectivity index (χ1n) is 9.39. The topological polar surface area (TPSA) is 80.5 Å². The van der Waals surface area contributed by atoms with Gasteiger partial charge in [-0.1, -0.05) is 18.2 Å². The van der Waals surface area contributed by atoms with Crippen LogP contribution in [0.15, 0.2) is 71.9 Å². The van der Waals surface area contributed by atoms with E-state index in [0.717, 1.165) is 28.7 Å². The number of imidazole rings is 1. The summed E-state index contributed by atoms with van der Waals surface area (Å²) >= 11 is 0. The lowest BCUT2D eigenvalue weighted by Crippen LogP contribution is -2.14. The van der Waals surface area contributed by atoms with E-state index in [1.54, 1.807) is 6.92 Å². The SMILES string of the molecule is Cc1cc(S(C)(=O)=O)ccc1C(=O)Nc1ccc(-c2cn3cccc(C)c3n2)cc1. The summed E-state index contributed by atoms with van der Waals surface area (Å²) in [5.41, 5.74) is 5.51. The second kappa shape index (κ2) is 7.42. The number of carbonyl (C=O) groups is 1. The van der Waals surface area contributed by atoms with Gasteiger partial charge in [0.2, 0.25) is 0 Å². The summed E-state index contributed by atoms with van der Waals surface area (Å²) in [6, 6.07) is 16.0. The Morgan fingerprint density at radius 3 is 2.37 bits per heavy atom. The van der Waals surface area contributed by atoms with Gasteiger partial charge in [-0.25, -0.2) is 13.4 Å². The monoisotopic (exact) mass is 419 g/mol. The van der Waals surface area contributed by atoms with Crippen molar-refractivity contribution in [2.45, 2.75) is 18.7 Å². The number of hydrogen-bond acceptors (Lipinski definition) is 4. The van der Waals surface area contributed by atoms with E-state index in [4.69, 9.17) is 0 Å². The molecule has 0 fully saturated rings. The first-order valence-corrected chi connectivity index (χ1v) is 11.3. The van der Waals surface area contributed by atoms with E-state index in [2.05, 4.69) is 10.3 Å². The average molecular weight is 420 g/mol. The van der Waals surface area contributed by atoms with Crippen molar-refractivity contribution >= 4 is 27.1 Å². The zero-order chi connectivity index (χ0) is 21.5. The molecule has 0 aliphatic heterocycles. The fourth-order valence-corrected chi connectivity index (χ4v) is 4.04. The van der Waals surface area contributed by atoms with Crippen LogP contribution in [-0.4, -0.2) is 30.0 Å². The minimum Gasteiger partial charge on any atom is -0.322 e. The van der Waals surface area contributed by atoms with Gasteiger partial charge < -0.3 is 9.72 Å². The van der Waals surface area contributed by atoms with E-state index in [0.29, 0.717) is 16.8 Å². The summed E-state index contributed by atoms with van der Waals surface area (Å²) in [4.78, 5) is 17.5. The number of sulfone groups is 1. The first-order chi connectivity index (χ1) is 14.2. The van der Waals surface area contributed by atoms with Crippen molar-refractivity contribution in [1.82, 2.24) is 9.38 Å². The van der Waals surface area contributed by atoms with Crippen molar-refractivity contribution in [2.75, 3.05) is 11.6 Å². The fraction of sp³-hybridized carbons (Fsp3) is 0.130. The molecule has 0 spiro atoms. The number of rotatable bonds is 4. The van der Waals surface area contributed by atoms with Crippen LogP contribution in [0.5, 0.6) is 0 Å². The summed E-state index contributed by atoms with van der Waals surface area (Å²) in [6.45, 7) is 3.74. The van der Waals surface area contributed by atoms with Crippen LogP contribution in [0.4, 0.5) is 5.69 Å². The van der Waals surface area contributed by atoms with Crippen molar-refractivity contribution in [2.24, 2.45) is 0 Å². The predicted octanol–water partition coefficient (Wildman–Crippen LogP) is 4.27. The van der Waals surface area contributed by atoms with Crippen molar-refractivity contribution in [1.29, 1.82) is 0 Å². The maximum Gasteiger partial charge on any atom is 0.255 e. The van der Waals surface area contributed by atoms with Crippen LogP contribution in [-0.2, 0) is 9.84 Å². The van der Waals surface area contributed by atoms with Gasteiger partial charge in [0.1, 0.15) is 5.65 Å². The molecule has 0 radical (unpaired) electrons. The normalized spacial score (nSPS) is 11.6. The number of carbonyl (C=O) groups excluding carboxylic acids is 1. The number of nitrogens with zero attached hydrogens (tertiary/aromatic N) is 2. The quantitative estimate of drug-likeness (QED) is 0.536. The third-order valence-electron chi connectivity index (χ3n) is 4.99. The molecule has 7 heteroatoms. The molecular weight excluding hydrogens is 398 g/mol. The summed E-state index contributed by atoms with van der Waals surface area (Å²) in [5, 5.41) is 2.86. The van der Waals surface area contributed by atoms with Crippen LogP contribution in [0.25, 0.3) is 16.9 Å². The van der Waals surface area contributed by atoms with Gasteiger partial charge in [0, 0.05) is 35.5 Å². The Bertz CT molecular complexity index is 1370. The summed E-state index contributed by atoms with van der Waals surface area (Å²) in [7, 11) is -3.31. The highest BCUT2D eigenvalue weighted by atomic mass is 32.2. The Balaban J connectivity index is 1.54. The molecule has 0 saturated heterocycles. The minimum absolute atomic E-state index is 0.198. The maximum atomic E-state index is 12.6. The minimum atomic E-state index is -3.31. The number of pyridine rings is 1. The number of aryl methyl sites for hydroxylation is 2. The molecule has 1 N–H and O–H groups in total. The Kier molecular flexibility index (Phi) is 4.91. The highest BCUT2D eigenvalue weighted by molar-refractivity contribution is 7.90. The Hall–Kier alpha value is -3.45. The van der Waals surface area contributed by atoms with E-state index in [1.807, 2.05) is 60.1 Å². The number of nitrogens with one attached hydrogen (secondary N) is 1. The lowest BCUT2D eigenvalue weighted by atomic mass is 10.1. The average Bonchev–Trinajstić information content (AvgIpc) is 3.13. The van der Waals surface area contributed by atoms with E-state index < -0.39 is 9.84 Å². The van der Waals surface area contributed by atoms with Gasteiger partial charge >= 0.3 is 0 Å². The number of anilines is 1. The number of hydrogen-bond donors (Lipinski definition) is 1. The van der Waals surface area contributed by atoms with E-state index in [1.165, 1.54) is 18.2 Å². The van der Waals surface area contributed by atoms with Gasteiger partial charge in [-0.3, -0.25) is 4.79 Å². The van der Waals surface area contributed by atoms with Gasteiger partial charge in [0.05, 0.1) is 10.6 Å². The zero-order valence-electron chi connectivity index (χ0n) is 16.9. The summed E-state index contributed by atoms with van der Waals surface area (Å²) in [6.07, 6.45) is 5.08. The number of aromatic nitrogens is 2. The van der Waals surface area contributed by atoms with E-state index in [-0.39, 0.29) is 10.8 Å². The van der Waals surface area contributed by atoms with Gasteiger partial charge in [-0.2, -0.15) is 0 Å². The van der Waals surface area contributed by atoms with Crippen LogP contribution in [0, 0.1) is 13.8 Å². The Labute approximate surface area is 175 Å². The second-order valence-electron chi connectivity index (χ2n) is 7.33. The molecule has 0 aliphatic carbocycles. The van der Waals surface area contributed by atoms with E-state index >= 15 is 0 Å². The van der Waals surface area contributed by atoms with E-state index in [9.17, 15) is 13.2 Å². The molecule has 2 heterocycles. The van der Waals surface area contributed by atoms with Crippen molar-refractivity contribution < 1.29 is 13.2 Å². The molecule has 0 aliphatic rings. The summed E-state index contributed by atoms with van der Waals surface area (Å²) < 4.78 is 25.3. The Morgan fingerprint density at radius 1 is 1.00 bits per heavy atom.